The highest BCUT2D eigenvalue weighted by atomic mass is 16.6. The van der Waals surface area contributed by atoms with E-state index in [1.54, 1.807) is 53.7 Å². The van der Waals surface area contributed by atoms with Crippen LogP contribution < -0.4 is 10.6 Å². The van der Waals surface area contributed by atoms with Crippen molar-refractivity contribution in [2.75, 3.05) is 13.2 Å². The summed E-state index contributed by atoms with van der Waals surface area (Å²) in [4.78, 5) is 53.3. The molecule has 10 heteroatoms. The van der Waals surface area contributed by atoms with Crippen LogP contribution >= 0.6 is 0 Å². The Morgan fingerprint density at radius 2 is 1.69 bits per heavy atom. The maximum atomic E-state index is 13.9. The van der Waals surface area contributed by atoms with Crippen LogP contribution in [-0.2, 0) is 23.9 Å². The van der Waals surface area contributed by atoms with E-state index in [0.29, 0.717) is 23.5 Å². The standard InChI is InChI=1S/C29H47N3O7/c1-10-38-24(34)15-16-30-26(35)25(22-13-14-23(33)19(4)17-22)32(20(5)12-11-18(2)3)27(36)21(6)31-28(37)39-29(7,8)9/h13-14,17-18,20-21,25,33H,10-12,15-16H2,1-9H3,(H,30,35)(H,31,37). The molecule has 0 spiro atoms. The zero-order valence-electron chi connectivity index (χ0n) is 24.9. The number of ether oxygens (including phenoxy) is 2. The molecule has 0 aliphatic rings. The molecule has 39 heavy (non-hydrogen) atoms. The molecule has 1 rings (SSSR count). The number of hydrogen-bond acceptors (Lipinski definition) is 7. The Bertz CT molecular complexity index is 988. The van der Waals surface area contributed by atoms with Crippen LogP contribution in [0.3, 0.4) is 0 Å². The highest BCUT2D eigenvalue weighted by Gasteiger charge is 2.37. The molecule has 0 fully saturated rings. The molecular weight excluding hydrogens is 502 g/mol. The van der Waals surface area contributed by atoms with Crippen LogP contribution in [0.1, 0.15) is 91.8 Å². The summed E-state index contributed by atoms with van der Waals surface area (Å²) in [7, 11) is 0. The smallest absolute Gasteiger partial charge is 0.408 e. The molecule has 0 bridgehead atoms. The topological polar surface area (TPSA) is 134 Å². The third kappa shape index (κ3) is 11.5. The van der Waals surface area contributed by atoms with Gasteiger partial charge in [0.2, 0.25) is 11.8 Å². The predicted molar refractivity (Wildman–Crippen MR) is 149 cm³/mol. The van der Waals surface area contributed by atoms with Crippen molar-refractivity contribution in [2.24, 2.45) is 5.92 Å². The van der Waals surface area contributed by atoms with E-state index in [1.807, 2.05) is 6.92 Å². The van der Waals surface area contributed by atoms with Gasteiger partial charge in [-0.1, -0.05) is 19.9 Å². The molecule has 1 aromatic carbocycles. The summed E-state index contributed by atoms with van der Waals surface area (Å²) in [6, 6.07) is 2.29. The van der Waals surface area contributed by atoms with Gasteiger partial charge >= 0.3 is 12.1 Å². The normalized spacial score (nSPS) is 13.7. The maximum Gasteiger partial charge on any atom is 0.408 e. The van der Waals surface area contributed by atoms with Gasteiger partial charge in [-0.05, 0) is 90.5 Å². The lowest BCUT2D eigenvalue weighted by atomic mass is 9.96. The lowest BCUT2D eigenvalue weighted by Gasteiger charge is -2.38. The van der Waals surface area contributed by atoms with Gasteiger partial charge in [-0.2, -0.15) is 0 Å². The molecule has 0 saturated heterocycles. The number of carbonyl (C=O) groups excluding carboxylic acids is 4. The van der Waals surface area contributed by atoms with Crippen LogP contribution in [0, 0.1) is 12.8 Å². The van der Waals surface area contributed by atoms with Gasteiger partial charge in [0.1, 0.15) is 23.4 Å². The van der Waals surface area contributed by atoms with Crippen LogP contribution in [0.25, 0.3) is 0 Å². The average molecular weight is 550 g/mol. The number of phenols is 1. The van der Waals surface area contributed by atoms with Crippen LogP contribution in [0.2, 0.25) is 0 Å². The second kappa shape index (κ2) is 15.3. The summed E-state index contributed by atoms with van der Waals surface area (Å²) >= 11 is 0. The number of amides is 3. The van der Waals surface area contributed by atoms with E-state index in [-0.39, 0.29) is 31.4 Å². The number of alkyl carbamates (subject to hydrolysis) is 1. The molecule has 3 atom stereocenters. The van der Waals surface area contributed by atoms with Crippen molar-refractivity contribution in [3.63, 3.8) is 0 Å². The summed E-state index contributed by atoms with van der Waals surface area (Å²) in [6.45, 7) is 16.4. The molecule has 0 heterocycles. The fraction of sp³-hybridized carbons (Fsp3) is 0.655. The molecular formula is C29H47N3O7. The number of aryl methyl sites for hydroxylation is 1. The Morgan fingerprint density at radius 1 is 1.05 bits per heavy atom. The van der Waals surface area contributed by atoms with Crippen LogP contribution in [-0.4, -0.2) is 64.7 Å². The first kappa shape index (κ1) is 33.7. The van der Waals surface area contributed by atoms with Gasteiger partial charge in [0.15, 0.2) is 0 Å². The first-order valence-electron chi connectivity index (χ1n) is 13.6. The summed E-state index contributed by atoms with van der Waals surface area (Å²) in [5.41, 5.74) is 0.286. The second-order valence-corrected chi connectivity index (χ2v) is 11.2. The van der Waals surface area contributed by atoms with E-state index in [0.717, 1.165) is 6.42 Å². The first-order chi connectivity index (χ1) is 18.1. The summed E-state index contributed by atoms with van der Waals surface area (Å²) < 4.78 is 10.3. The van der Waals surface area contributed by atoms with Crippen molar-refractivity contribution < 1.29 is 33.8 Å². The average Bonchev–Trinajstić information content (AvgIpc) is 2.81. The quantitative estimate of drug-likeness (QED) is 0.311. The van der Waals surface area contributed by atoms with E-state index >= 15 is 0 Å². The Balaban J connectivity index is 3.44. The highest BCUT2D eigenvalue weighted by molar-refractivity contribution is 5.92. The molecule has 3 unspecified atom stereocenters. The number of rotatable bonds is 13. The van der Waals surface area contributed by atoms with Crippen molar-refractivity contribution in [1.82, 2.24) is 15.5 Å². The Kier molecular flexibility index (Phi) is 13.3. The van der Waals surface area contributed by atoms with Crippen LogP contribution in [0.4, 0.5) is 4.79 Å². The fourth-order valence-electron chi connectivity index (χ4n) is 3.99. The molecule has 3 amide bonds. The van der Waals surface area contributed by atoms with E-state index in [1.165, 1.54) is 11.0 Å². The minimum absolute atomic E-state index is 0.0195. The highest BCUT2D eigenvalue weighted by Crippen LogP contribution is 2.30. The van der Waals surface area contributed by atoms with Gasteiger partial charge in [-0.15, -0.1) is 0 Å². The van der Waals surface area contributed by atoms with Gasteiger partial charge in [0.05, 0.1) is 13.0 Å². The van der Waals surface area contributed by atoms with Crippen molar-refractivity contribution in [2.45, 2.75) is 105 Å². The number of esters is 1. The summed E-state index contributed by atoms with van der Waals surface area (Å²) in [6.07, 6.45) is 0.666. The molecule has 10 nitrogen and oxygen atoms in total. The lowest BCUT2D eigenvalue weighted by molar-refractivity contribution is -0.145. The van der Waals surface area contributed by atoms with Crippen molar-refractivity contribution in [3.05, 3.63) is 29.3 Å². The molecule has 220 valence electrons. The number of nitrogens with zero attached hydrogens (tertiary/aromatic N) is 1. The second-order valence-electron chi connectivity index (χ2n) is 11.2. The number of hydrogen-bond donors (Lipinski definition) is 3. The van der Waals surface area contributed by atoms with E-state index < -0.39 is 41.6 Å². The van der Waals surface area contributed by atoms with Gasteiger partial charge in [0, 0.05) is 12.6 Å². The van der Waals surface area contributed by atoms with Crippen molar-refractivity contribution in [1.29, 1.82) is 0 Å². The molecule has 0 saturated carbocycles. The molecule has 1 aromatic rings. The lowest BCUT2D eigenvalue weighted by Crippen LogP contribution is -2.54. The predicted octanol–water partition coefficient (Wildman–Crippen LogP) is 4.38. The minimum Gasteiger partial charge on any atom is -0.508 e. The molecule has 0 aliphatic heterocycles. The third-order valence-electron chi connectivity index (χ3n) is 5.99. The van der Waals surface area contributed by atoms with Gasteiger partial charge in [-0.3, -0.25) is 14.4 Å². The van der Waals surface area contributed by atoms with Crippen LogP contribution in [0.5, 0.6) is 5.75 Å². The number of aromatic hydroxyl groups is 1. The monoisotopic (exact) mass is 549 g/mol. The van der Waals surface area contributed by atoms with Crippen LogP contribution in [0.15, 0.2) is 18.2 Å². The summed E-state index contributed by atoms with van der Waals surface area (Å²) in [5, 5.41) is 15.5. The molecule has 3 N–H and O–H groups in total. The van der Waals surface area contributed by atoms with E-state index in [2.05, 4.69) is 24.5 Å². The number of phenolic OH excluding ortho intramolecular Hbond substituents is 1. The zero-order chi connectivity index (χ0) is 29.9. The zero-order valence-corrected chi connectivity index (χ0v) is 24.9. The Labute approximate surface area is 232 Å². The third-order valence-corrected chi connectivity index (χ3v) is 5.99. The molecule has 0 aliphatic carbocycles. The van der Waals surface area contributed by atoms with Gasteiger partial charge < -0.3 is 30.1 Å². The number of nitrogens with one attached hydrogen (secondary N) is 2. The first-order valence-corrected chi connectivity index (χ1v) is 13.6. The van der Waals surface area contributed by atoms with Gasteiger partial charge in [-0.25, -0.2) is 4.79 Å². The number of carbonyl (C=O) groups is 4. The summed E-state index contributed by atoms with van der Waals surface area (Å²) in [5.74, 6) is -0.962. The minimum atomic E-state index is -1.08. The maximum absolute atomic E-state index is 13.9. The van der Waals surface area contributed by atoms with Crippen molar-refractivity contribution in [3.8, 4) is 5.75 Å². The Morgan fingerprint density at radius 3 is 2.23 bits per heavy atom. The number of benzene rings is 1. The molecule has 0 radical (unpaired) electrons. The SMILES string of the molecule is CCOC(=O)CCNC(=O)C(c1ccc(O)c(C)c1)N(C(=O)C(C)NC(=O)OC(C)(C)C)C(C)CCC(C)C. The Hall–Kier alpha value is -3.30. The fourth-order valence-corrected chi connectivity index (χ4v) is 3.99. The van der Waals surface area contributed by atoms with E-state index in [9.17, 15) is 24.3 Å². The molecule has 0 aromatic heterocycles. The largest absolute Gasteiger partial charge is 0.508 e. The van der Waals surface area contributed by atoms with Gasteiger partial charge in [0.25, 0.3) is 0 Å². The van der Waals surface area contributed by atoms with Crippen molar-refractivity contribution >= 4 is 23.9 Å². The van der Waals surface area contributed by atoms with E-state index in [4.69, 9.17) is 9.47 Å².